The normalized spacial score (nSPS) is 28.7. The van der Waals surface area contributed by atoms with Crippen molar-refractivity contribution in [2.45, 2.75) is 71.4 Å². The van der Waals surface area contributed by atoms with E-state index >= 15 is 0 Å². The number of alkyl carbamates (subject to hydrolysis) is 1. The molecule has 3 atom stereocenters. The third kappa shape index (κ3) is 4.35. The van der Waals surface area contributed by atoms with Crippen LogP contribution in [0.4, 0.5) is 4.79 Å². The first-order valence-corrected chi connectivity index (χ1v) is 8.85. The second-order valence-corrected chi connectivity index (χ2v) is 6.69. The Kier molecular flexibility index (Phi) is 6.34. The van der Waals surface area contributed by atoms with Gasteiger partial charge < -0.3 is 10.1 Å². The minimum absolute atomic E-state index is 0.247. The van der Waals surface area contributed by atoms with Crippen molar-refractivity contribution in [1.29, 1.82) is 0 Å². The predicted molar refractivity (Wildman–Crippen MR) is 85.3 cm³/mol. The van der Waals surface area contributed by atoms with Gasteiger partial charge in [-0.15, -0.1) is 0 Å². The van der Waals surface area contributed by atoms with E-state index in [1.54, 1.807) is 0 Å². The third-order valence-electron chi connectivity index (χ3n) is 5.32. The Morgan fingerprint density at radius 2 is 2.05 bits per heavy atom. The highest BCUT2D eigenvalue weighted by molar-refractivity contribution is 5.67. The van der Waals surface area contributed by atoms with Crippen LogP contribution in [0.1, 0.15) is 59.3 Å². The van der Waals surface area contributed by atoms with Gasteiger partial charge in [0.1, 0.15) is 0 Å². The molecule has 1 aliphatic heterocycles. The molecule has 3 unspecified atom stereocenters. The van der Waals surface area contributed by atoms with E-state index in [4.69, 9.17) is 4.74 Å². The number of likely N-dealkylation sites (tertiary alicyclic amines) is 1. The highest BCUT2D eigenvalue weighted by Crippen LogP contribution is 2.35. The third-order valence-corrected chi connectivity index (χ3v) is 5.32. The monoisotopic (exact) mass is 296 g/mol. The molecule has 0 aromatic rings. The minimum atomic E-state index is -0.254. The summed E-state index contributed by atoms with van der Waals surface area (Å²) in [5.41, 5.74) is 0. The van der Waals surface area contributed by atoms with Crippen LogP contribution in [0, 0.1) is 11.8 Å². The lowest BCUT2D eigenvalue weighted by molar-refractivity contribution is 0.0381. The molecule has 122 valence electrons. The summed E-state index contributed by atoms with van der Waals surface area (Å²) in [7, 11) is 0. The van der Waals surface area contributed by atoms with E-state index in [1.165, 1.54) is 38.6 Å². The van der Waals surface area contributed by atoms with E-state index in [-0.39, 0.29) is 12.1 Å². The van der Waals surface area contributed by atoms with Crippen LogP contribution >= 0.6 is 0 Å². The molecule has 0 aromatic carbocycles. The molecule has 1 saturated heterocycles. The summed E-state index contributed by atoms with van der Waals surface area (Å²) >= 11 is 0. The number of piperidine rings is 1. The summed E-state index contributed by atoms with van der Waals surface area (Å²) in [5, 5.41) is 3.07. The molecule has 0 radical (unpaired) electrons. The quantitative estimate of drug-likeness (QED) is 0.816. The van der Waals surface area contributed by atoms with Crippen molar-refractivity contribution in [3.63, 3.8) is 0 Å². The number of nitrogens with one attached hydrogen (secondary N) is 1. The molecule has 1 amide bonds. The van der Waals surface area contributed by atoms with Crippen LogP contribution in [-0.2, 0) is 4.74 Å². The second-order valence-electron chi connectivity index (χ2n) is 6.69. The Balaban J connectivity index is 1.95. The SMILES string of the molecule is CCOC(=O)NC1CC(CC)CN(C(CC)C2CCC2)C1. The van der Waals surface area contributed by atoms with E-state index < -0.39 is 0 Å². The largest absolute Gasteiger partial charge is 0.450 e. The topological polar surface area (TPSA) is 41.6 Å². The number of hydrogen-bond acceptors (Lipinski definition) is 3. The Morgan fingerprint density at radius 1 is 1.29 bits per heavy atom. The highest BCUT2D eigenvalue weighted by Gasteiger charge is 2.36. The van der Waals surface area contributed by atoms with E-state index in [0.29, 0.717) is 18.6 Å². The van der Waals surface area contributed by atoms with Gasteiger partial charge >= 0.3 is 6.09 Å². The fourth-order valence-electron chi connectivity index (χ4n) is 3.97. The minimum Gasteiger partial charge on any atom is -0.450 e. The van der Waals surface area contributed by atoms with E-state index in [9.17, 15) is 4.79 Å². The first-order chi connectivity index (χ1) is 10.2. The number of carbonyl (C=O) groups is 1. The van der Waals surface area contributed by atoms with Crippen molar-refractivity contribution in [2.24, 2.45) is 11.8 Å². The lowest BCUT2D eigenvalue weighted by Gasteiger charge is -2.46. The van der Waals surface area contributed by atoms with Gasteiger partial charge in [0.2, 0.25) is 0 Å². The Bertz CT molecular complexity index is 331. The number of amides is 1. The molecule has 4 heteroatoms. The molecule has 1 saturated carbocycles. The van der Waals surface area contributed by atoms with Gasteiger partial charge in [-0.2, -0.15) is 0 Å². The summed E-state index contributed by atoms with van der Waals surface area (Å²) in [6, 6.07) is 0.955. The van der Waals surface area contributed by atoms with E-state index in [0.717, 1.165) is 18.9 Å². The van der Waals surface area contributed by atoms with Gasteiger partial charge in [0, 0.05) is 25.2 Å². The zero-order valence-corrected chi connectivity index (χ0v) is 13.9. The molecule has 4 nitrogen and oxygen atoms in total. The van der Waals surface area contributed by atoms with Crippen LogP contribution in [0.25, 0.3) is 0 Å². The summed E-state index contributed by atoms with van der Waals surface area (Å²) in [5.74, 6) is 1.58. The zero-order chi connectivity index (χ0) is 15.2. The van der Waals surface area contributed by atoms with Crippen LogP contribution in [0.15, 0.2) is 0 Å². The first-order valence-electron chi connectivity index (χ1n) is 8.85. The maximum Gasteiger partial charge on any atom is 0.407 e. The van der Waals surface area contributed by atoms with Crippen molar-refractivity contribution in [1.82, 2.24) is 10.2 Å². The lowest BCUT2D eigenvalue weighted by atomic mass is 9.77. The van der Waals surface area contributed by atoms with Gasteiger partial charge in [-0.25, -0.2) is 4.79 Å². The summed E-state index contributed by atoms with van der Waals surface area (Å²) in [4.78, 5) is 14.4. The van der Waals surface area contributed by atoms with Crippen molar-refractivity contribution >= 4 is 6.09 Å². The van der Waals surface area contributed by atoms with Gasteiger partial charge in [0.25, 0.3) is 0 Å². The smallest absolute Gasteiger partial charge is 0.407 e. The van der Waals surface area contributed by atoms with Crippen LogP contribution in [0.5, 0.6) is 0 Å². The molecular formula is C17H32N2O2. The molecule has 0 spiro atoms. The molecule has 2 aliphatic rings. The van der Waals surface area contributed by atoms with Gasteiger partial charge in [0.15, 0.2) is 0 Å². The molecule has 0 bridgehead atoms. The lowest BCUT2D eigenvalue weighted by Crippen LogP contribution is -2.55. The van der Waals surface area contributed by atoms with Crippen LogP contribution in [0.2, 0.25) is 0 Å². The zero-order valence-electron chi connectivity index (χ0n) is 13.9. The van der Waals surface area contributed by atoms with Gasteiger partial charge in [-0.1, -0.05) is 26.7 Å². The Morgan fingerprint density at radius 3 is 2.57 bits per heavy atom. The molecule has 2 fully saturated rings. The van der Waals surface area contributed by atoms with Gasteiger partial charge in [0.05, 0.1) is 6.61 Å². The van der Waals surface area contributed by atoms with Gasteiger partial charge in [-0.05, 0) is 44.4 Å². The number of hydrogen-bond donors (Lipinski definition) is 1. The maximum absolute atomic E-state index is 11.7. The summed E-state index contributed by atoms with van der Waals surface area (Å²) < 4.78 is 5.05. The first kappa shape index (κ1) is 16.6. The molecule has 0 aromatic heterocycles. The summed E-state index contributed by atoms with van der Waals surface area (Å²) in [6.07, 6.45) is 7.44. The Hall–Kier alpha value is -0.770. The fourth-order valence-corrected chi connectivity index (χ4v) is 3.97. The van der Waals surface area contributed by atoms with Crippen LogP contribution in [0.3, 0.4) is 0 Å². The Labute approximate surface area is 129 Å². The van der Waals surface area contributed by atoms with Gasteiger partial charge in [-0.3, -0.25) is 4.90 Å². The fraction of sp³-hybridized carbons (Fsp3) is 0.941. The molecular weight excluding hydrogens is 264 g/mol. The second kappa shape index (κ2) is 8.02. The molecule has 1 aliphatic carbocycles. The van der Waals surface area contributed by atoms with E-state index in [2.05, 4.69) is 24.1 Å². The molecule has 1 heterocycles. The van der Waals surface area contributed by atoms with Crippen molar-refractivity contribution in [3.05, 3.63) is 0 Å². The number of carbonyl (C=O) groups excluding carboxylic acids is 1. The van der Waals surface area contributed by atoms with Crippen molar-refractivity contribution in [2.75, 3.05) is 19.7 Å². The van der Waals surface area contributed by atoms with Crippen LogP contribution in [-0.4, -0.2) is 42.8 Å². The number of nitrogens with zero attached hydrogens (tertiary/aromatic N) is 1. The average Bonchev–Trinajstić information content (AvgIpc) is 2.42. The average molecular weight is 296 g/mol. The number of ether oxygens (including phenoxy) is 1. The standard InChI is InChI=1S/C17H32N2O2/c1-4-13-10-15(18-17(20)21-6-3)12-19(11-13)16(5-2)14-8-7-9-14/h13-16H,4-12H2,1-3H3,(H,18,20). The van der Waals surface area contributed by atoms with Crippen molar-refractivity contribution < 1.29 is 9.53 Å². The summed E-state index contributed by atoms with van der Waals surface area (Å²) in [6.45, 7) is 9.06. The molecule has 2 rings (SSSR count). The maximum atomic E-state index is 11.7. The van der Waals surface area contributed by atoms with Crippen LogP contribution < -0.4 is 5.32 Å². The highest BCUT2D eigenvalue weighted by atomic mass is 16.5. The number of rotatable bonds is 6. The molecule has 1 N–H and O–H groups in total. The predicted octanol–water partition coefficient (Wildman–Crippen LogP) is 3.41. The van der Waals surface area contributed by atoms with Crippen molar-refractivity contribution in [3.8, 4) is 0 Å². The van der Waals surface area contributed by atoms with E-state index in [1.807, 2.05) is 6.92 Å². The molecule has 21 heavy (non-hydrogen) atoms.